The van der Waals surface area contributed by atoms with Gasteiger partial charge in [0.2, 0.25) is 5.91 Å². The van der Waals surface area contributed by atoms with Crippen LogP contribution >= 0.6 is 11.3 Å². The van der Waals surface area contributed by atoms with Crippen LogP contribution in [0.2, 0.25) is 0 Å². The number of nitrogens with one attached hydrogen (secondary N) is 2. The van der Waals surface area contributed by atoms with E-state index < -0.39 is 0 Å². The van der Waals surface area contributed by atoms with Gasteiger partial charge in [0.15, 0.2) is 5.13 Å². The Bertz CT molecular complexity index is 1190. The molecule has 1 fully saturated rings. The van der Waals surface area contributed by atoms with Gasteiger partial charge in [-0.3, -0.25) is 4.79 Å². The van der Waals surface area contributed by atoms with Crippen LogP contribution in [-0.4, -0.2) is 35.5 Å². The predicted octanol–water partition coefficient (Wildman–Crippen LogP) is 4.49. The van der Waals surface area contributed by atoms with Crippen molar-refractivity contribution >= 4 is 43.5 Å². The molecule has 5 rings (SSSR count). The van der Waals surface area contributed by atoms with Crippen LogP contribution in [0.15, 0.2) is 48.7 Å². The lowest BCUT2D eigenvalue weighted by atomic mass is 9.96. The predicted molar refractivity (Wildman–Crippen MR) is 120 cm³/mol. The lowest BCUT2D eigenvalue weighted by molar-refractivity contribution is -0.125. The van der Waals surface area contributed by atoms with E-state index in [1.807, 2.05) is 18.3 Å². The normalized spacial score (nSPS) is 15.2. The number of piperidine rings is 1. The van der Waals surface area contributed by atoms with Crippen LogP contribution in [0.25, 0.3) is 21.1 Å². The van der Waals surface area contributed by atoms with Crippen LogP contribution in [0.5, 0.6) is 0 Å². The van der Waals surface area contributed by atoms with E-state index in [-0.39, 0.29) is 17.6 Å². The first kappa shape index (κ1) is 19.1. The molecule has 30 heavy (non-hydrogen) atoms. The van der Waals surface area contributed by atoms with Crippen LogP contribution < -0.4 is 10.2 Å². The molecular formula is C23H23FN4OS. The maximum Gasteiger partial charge on any atom is 0.223 e. The van der Waals surface area contributed by atoms with Crippen molar-refractivity contribution in [3.63, 3.8) is 0 Å². The van der Waals surface area contributed by atoms with Gasteiger partial charge in [-0.25, -0.2) is 9.37 Å². The third-order valence-corrected chi connectivity index (χ3v) is 6.92. The number of hydrogen-bond donors (Lipinski definition) is 2. The minimum atomic E-state index is -0.235. The number of thiazole rings is 1. The first-order valence-electron chi connectivity index (χ1n) is 10.3. The second-order valence-corrected chi connectivity index (χ2v) is 8.78. The number of anilines is 1. The molecule has 0 radical (unpaired) electrons. The fraction of sp³-hybridized carbons (Fsp3) is 0.304. The maximum atomic E-state index is 13.4. The molecule has 3 heterocycles. The molecule has 154 valence electrons. The zero-order valence-corrected chi connectivity index (χ0v) is 17.3. The highest BCUT2D eigenvalue weighted by atomic mass is 32.1. The van der Waals surface area contributed by atoms with Crippen LogP contribution in [0, 0.1) is 11.7 Å². The number of fused-ring (bicyclic) bond motifs is 2. The summed E-state index contributed by atoms with van der Waals surface area (Å²) < 4.78 is 14.3. The summed E-state index contributed by atoms with van der Waals surface area (Å²) in [4.78, 5) is 22.7. The van der Waals surface area contributed by atoms with E-state index >= 15 is 0 Å². The number of nitrogens with zero attached hydrogens (tertiary/aromatic N) is 2. The number of amides is 1. The smallest absolute Gasteiger partial charge is 0.223 e. The molecule has 0 saturated carbocycles. The SMILES string of the molecule is O=C(NCCc1c[nH]c2ccccc12)C1CCN(c2nc3ccc(F)cc3s2)CC1. The van der Waals surface area contributed by atoms with E-state index in [9.17, 15) is 9.18 Å². The molecule has 2 aromatic heterocycles. The highest BCUT2D eigenvalue weighted by Gasteiger charge is 2.26. The summed E-state index contributed by atoms with van der Waals surface area (Å²) in [5.74, 6) is -0.0578. The Hall–Kier alpha value is -2.93. The van der Waals surface area contributed by atoms with Crippen molar-refractivity contribution in [2.45, 2.75) is 19.3 Å². The second kappa shape index (κ2) is 8.07. The van der Waals surface area contributed by atoms with E-state index in [4.69, 9.17) is 0 Å². The molecule has 0 bridgehead atoms. The van der Waals surface area contributed by atoms with Gasteiger partial charge in [-0.15, -0.1) is 0 Å². The van der Waals surface area contributed by atoms with Crippen LogP contribution in [0.1, 0.15) is 18.4 Å². The maximum absolute atomic E-state index is 13.4. The number of para-hydroxylation sites is 1. The lowest BCUT2D eigenvalue weighted by Crippen LogP contribution is -2.41. The molecule has 2 N–H and O–H groups in total. The highest BCUT2D eigenvalue weighted by Crippen LogP contribution is 2.32. The van der Waals surface area contributed by atoms with E-state index in [1.54, 1.807) is 6.07 Å². The molecule has 1 amide bonds. The number of H-pyrrole nitrogens is 1. The molecule has 0 atom stereocenters. The molecule has 0 unspecified atom stereocenters. The van der Waals surface area contributed by atoms with Gasteiger partial charge >= 0.3 is 0 Å². The van der Waals surface area contributed by atoms with E-state index in [0.717, 1.165) is 53.2 Å². The fourth-order valence-corrected chi connectivity index (χ4v) is 5.20. The molecule has 2 aromatic carbocycles. The van der Waals surface area contributed by atoms with E-state index in [0.29, 0.717) is 6.54 Å². The van der Waals surface area contributed by atoms with E-state index in [2.05, 4.69) is 32.3 Å². The van der Waals surface area contributed by atoms with Gasteiger partial charge in [0, 0.05) is 42.7 Å². The average Bonchev–Trinajstić information content (AvgIpc) is 3.38. The summed E-state index contributed by atoms with van der Waals surface area (Å²) in [6.45, 7) is 2.23. The first-order valence-corrected chi connectivity index (χ1v) is 11.1. The molecule has 5 nitrogen and oxygen atoms in total. The summed E-state index contributed by atoms with van der Waals surface area (Å²) in [6.07, 6.45) is 4.46. The molecule has 1 aliphatic heterocycles. The molecular weight excluding hydrogens is 399 g/mol. The number of benzene rings is 2. The van der Waals surface area contributed by atoms with Crippen LogP contribution in [-0.2, 0) is 11.2 Å². The number of carbonyl (C=O) groups excluding carboxylic acids is 1. The van der Waals surface area contributed by atoms with Gasteiger partial charge in [-0.2, -0.15) is 0 Å². The third kappa shape index (κ3) is 3.77. The minimum absolute atomic E-state index is 0.0380. The third-order valence-electron chi connectivity index (χ3n) is 5.84. The fourth-order valence-electron chi connectivity index (χ4n) is 4.16. The van der Waals surface area contributed by atoms with Gasteiger partial charge in [0.05, 0.1) is 10.2 Å². The number of hydrogen-bond acceptors (Lipinski definition) is 4. The van der Waals surface area contributed by atoms with Gasteiger partial charge in [-0.1, -0.05) is 29.5 Å². The first-order chi connectivity index (χ1) is 14.7. The number of rotatable bonds is 5. The minimum Gasteiger partial charge on any atom is -0.361 e. The Labute approximate surface area is 177 Å². The van der Waals surface area contributed by atoms with Crippen LogP contribution in [0.4, 0.5) is 9.52 Å². The number of aromatic amines is 1. The Morgan fingerprint density at radius 2 is 2.07 bits per heavy atom. The lowest BCUT2D eigenvalue weighted by Gasteiger charge is -2.31. The second-order valence-electron chi connectivity index (χ2n) is 7.77. The summed E-state index contributed by atoms with van der Waals surface area (Å²) in [5, 5.41) is 5.24. The quantitative estimate of drug-likeness (QED) is 0.498. The molecule has 7 heteroatoms. The van der Waals surface area contributed by atoms with Gasteiger partial charge in [-0.05, 0) is 49.1 Å². The van der Waals surface area contributed by atoms with Gasteiger partial charge in [0.25, 0.3) is 0 Å². The van der Waals surface area contributed by atoms with Gasteiger partial charge in [0.1, 0.15) is 5.82 Å². The topological polar surface area (TPSA) is 61.0 Å². The largest absolute Gasteiger partial charge is 0.361 e. The Kier molecular flexibility index (Phi) is 5.12. The van der Waals surface area contributed by atoms with Crippen molar-refractivity contribution in [2.24, 2.45) is 5.92 Å². The zero-order chi connectivity index (χ0) is 20.5. The Morgan fingerprint density at radius 3 is 2.93 bits per heavy atom. The molecule has 1 saturated heterocycles. The van der Waals surface area contributed by atoms with E-state index in [1.165, 1.54) is 34.4 Å². The van der Waals surface area contributed by atoms with Gasteiger partial charge < -0.3 is 15.2 Å². The van der Waals surface area contributed by atoms with Crippen molar-refractivity contribution in [3.8, 4) is 0 Å². The molecule has 0 spiro atoms. The molecule has 4 aromatic rings. The number of aromatic nitrogens is 2. The van der Waals surface area contributed by atoms with Crippen molar-refractivity contribution in [1.29, 1.82) is 0 Å². The summed E-state index contributed by atoms with van der Waals surface area (Å²) in [7, 11) is 0. The van der Waals surface area contributed by atoms with Crippen molar-refractivity contribution in [3.05, 3.63) is 60.0 Å². The summed E-state index contributed by atoms with van der Waals surface area (Å²) in [5.41, 5.74) is 3.19. The summed E-state index contributed by atoms with van der Waals surface area (Å²) in [6, 6.07) is 12.9. The molecule has 0 aliphatic carbocycles. The van der Waals surface area contributed by atoms with Crippen molar-refractivity contribution in [1.82, 2.24) is 15.3 Å². The number of halogens is 1. The Balaban J connectivity index is 1.13. The monoisotopic (exact) mass is 422 g/mol. The zero-order valence-electron chi connectivity index (χ0n) is 16.5. The molecule has 1 aliphatic rings. The number of carbonyl (C=O) groups is 1. The standard InChI is InChI=1S/C23H23FN4OS/c24-17-5-6-20-21(13-17)30-23(27-20)28-11-8-15(9-12-28)22(29)25-10-7-16-14-26-19-4-2-1-3-18(16)19/h1-6,13-15,26H,7-12H2,(H,25,29). The van der Waals surface area contributed by atoms with Crippen molar-refractivity contribution in [2.75, 3.05) is 24.5 Å². The van der Waals surface area contributed by atoms with Crippen molar-refractivity contribution < 1.29 is 9.18 Å². The highest BCUT2D eigenvalue weighted by molar-refractivity contribution is 7.22. The summed E-state index contributed by atoms with van der Waals surface area (Å²) >= 11 is 1.51. The van der Waals surface area contributed by atoms with Crippen LogP contribution in [0.3, 0.4) is 0 Å². The average molecular weight is 423 g/mol. The Morgan fingerprint density at radius 1 is 1.23 bits per heavy atom.